The molecule has 0 atom stereocenters. The Morgan fingerprint density at radius 1 is 0.949 bits per heavy atom. The van der Waals surface area contributed by atoms with E-state index in [4.69, 9.17) is 9.26 Å². The number of hydrogen-bond acceptors (Lipinski definition) is 4. The summed E-state index contributed by atoms with van der Waals surface area (Å²) in [6.45, 7) is 3.93. The van der Waals surface area contributed by atoms with Crippen molar-refractivity contribution >= 4 is 5.97 Å². The molecule has 0 aliphatic heterocycles. The quantitative estimate of drug-likeness (QED) is 0.184. The topological polar surface area (TPSA) is 52.3 Å². The fourth-order valence-electron chi connectivity index (χ4n) is 5.18. The summed E-state index contributed by atoms with van der Waals surface area (Å²) in [6, 6.07) is 25.4. The molecule has 3 aromatic carbocycles. The summed E-state index contributed by atoms with van der Waals surface area (Å²) in [7, 11) is 0. The Labute approximate surface area is 228 Å². The highest BCUT2D eigenvalue weighted by Gasteiger charge is 2.46. The van der Waals surface area contributed by atoms with Gasteiger partial charge in [0.05, 0.1) is 18.7 Å². The first-order valence-electron chi connectivity index (χ1n) is 13.5. The van der Waals surface area contributed by atoms with Crippen LogP contribution in [0, 0.1) is 6.92 Å². The van der Waals surface area contributed by atoms with E-state index in [0.29, 0.717) is 36.5 Å². The van der Waals surface area contributed by atoms with Crippen LogP contribution in [-0.4, -0.2) is 23.7 Å². The molecule has 0 N–H and O–H groups in total. The number of hydrogen-bond donors (Lipinski definition) is 0. The van der Waals surface area contributed by atoms with Gasteiger partial charge in [-0.15, -0.1) is 0 Å². The van der Waals surface area contributed by atoms with Gasteiger partial charge in [0.1, 0.15) is 0 Å². The van der Waals surface area contributed by atoms with E-state index in [1.807, 2.05) is 61.5 Å². The molecule has 1 fully saturated rings. The molecule has 0 bridgehead atoms. The van der Waals surface area contributed by atoms with Crippen molar-refractivity contribution in [3.05, 3.63) is 101 Å². The Bertz CT molecular complexity index is 1410. The van der Waals surface area contributed by atoms with Crippen LogP contribution in [0.25, 0.3) is 22.5 Å². The molecule has 1 heterocycles. The van der Waals surface area contributed by atoms with Crippen molar-refractivity contribution in [3.8, 4) is 22.5 Å². The van der Waals surface area contributed by atoms with E-state index in [9.17, 15) is 13.6 Å². The van der Waals surface area contributed by atoms with E-state index < -0.39 is 12.3 Å². The van der Waals surface area contributed by atoms with Crippen LogP contribution in [0.15, 0.2) is 83.4 Å². The van der Waals surface area contributed by atoms with Gasteiger partial charge in [-0.2, -0.15) is 0 Å². The maximum atomic E-state index is 15.0. The molecule has 1 aliphatic rings. The summed E-state index contributed by atoms with van der Waals surface area (Å²) >= 11 is 0. The molecule has 202 valence electrons. The third kappa shape index (κ3) is 6.27. The van der Waals surface area contributed by atoms with Crippen LogP contribution < -0.4 is 0 Å². The highest BCUT2D eigenvalue weighted by atomic mass is 19.3. The number of halogens is 2. The van der Waals surface area contributed by atoms with Crippen molar-refractivity contribution < 1.29 is 22.8 Å². The maximum absolute atomic E-state index is 15.0. The molecule has 0 saturated heterocycles. The summed E-state index contributed by atoms with van der Waals surface area (Å²) in [5.74, 6) is -2.64. The number of nitrogens with zero attached hydrogens (tertiary/aromatic N) is 1. The van der Waals surface area contributed by atoms with Gasteiger partial charge in [0.25, 0.3) is 5.92 Å². The highest BCUT2D eigenvalue weighted by Crippen LogP contribution is 2.51. The SMILES string of the molecule is CCOC(=O)CC1(c2ccc(-c3ccc(-c4onc(C)c4CC(F)(F)CCc4ccccc4)cc3)cc2)CC1. The van der Waals surface area contributed by atoms with Gasteiger partial charge in [-0.25, -0.2) is 8.78 Å². The average Bonchev–Trinajstić information content (AvgIpc) is 3.64. The molecule has 5 rings (SSSR count). The molecule has 6 heteroatoms. The molecule has 4 nitrogen and oxygen atoms in total. The summed E-state index contributed by atoms with van der Waals surface area (Å²) in [5.41, 5.74) is 5.65. The number of carbonyl (C=O) groups excluding carboxylic acids is 1. The van der Waals surface area contributed by atoms with Gasteiger partial charge < -0.3 is 9.26 Å². The van der Waals surface area contributed by atoms with E-state index in [-0.39, 0.29) is 17.8 Å². The van der Waals surface area contributed by atoms with Crippen molar-refractivity contribution in [1.29, 1.82) is 0 Å². The minimum absolute atomic E-state index is 0.0989. The molecular weight excluding hydrogens is 496 g/mol. The van der Waals surface area contributed by atoms with E-state index in [1.54, 1.807) is 6.92 Å². The number of aromatic nitrogens is 1. The number of esters is 1. The fraction of sp³-hybridized carbons (Fsp3) is 0.333. The van der Waals surface area contributed by atoms with E-state index in [2.05, 4.69) is 29.4 Å². The lowest BCUT2D eigenvalue weighted by atomic mass is 9.90. The van der Waals surface area contributed by atoms with Crippen LogP contribution in [0.3, 0.4) is 0 Å². The van der Waals surface area contributed by atoms with Gasteiger partial charge in [0, 0.05) is 29.4 Å². The first-order valence-corrected chi connectivity index (χ1v) is 13.5. The van der Waals surface area contributed by atoms with Crippen LogP contribution in [0.1, 0.15) is 55.0 Å². The highest BCUT2D eigenvalue weighted by molar-refractivity contribution is 5.73. The van der Waals surface area contributed by atoms with Crippen molar-refractivity contribution in [2.24, 2.45) is 0 Å². The largest absolute Gasteiger partial charge is 0.466 e. The molecular formula is C33H33F2NO3. The Morgan fingerprint density at radius 2 is 1.56 bits per heavy atom. The molecule has 4 aromatic rings. The van der Waals surface area contributed by atoms with Crippen molar-refractivity contribution in [2.75, 3.05) is 6.61 Å². The van der Waals surface area contributed by atoms with Crippen LogP contribution in [-0.2, 0) is 27.8 Å². The summed E-state index contributed by atoms with van der Waals surface area (Å²) in [4.78, 5) is 12.0. The van der Waals surface area contributed by atoms with E-state index >= 15 is 0 Å². The third-order valence-electron chi connectivity index (χ3n) is 7.66. The van der Waals surface area contributed by atoms with Crippen molar-refractivity contribution in [1.82, 2.24) is 5.16 Å². The Kier molecular flexibility index (Phi) is 7.65. The standard InChI is InChI=1S/C33H33F2NO3/c1-3-38-30(37)22-32(19-20-32)28-15-13-26(14-16-28)25-9-11-27(12-10-25)31-29(23(2)36-39-31)21-33(34,35)18-17-24-7-5-4-6-8-24/h4-16H,3,17-22H2,1-2H3. The molecule has 39 heavy (non-hydrogen) atoms. The lowest BCUT2D eigenvalue weighted by molar-refractivity contribution is -0.143. The maximum Gasteiger partial charge on any atom is 0.306 e. The second-order valence-corrected chi connectivity index (χ2v) is 10.5. The number of benzene rings is 3. The number of rotatable bonds is 11. The van der Waals surface area contributed by atoms with Crippen molar-refractivity contribution in [3.63, 3.8) is 0 Å². The van der Waals surface area contributed by atoms with Gasteiger partial charge in [-0.05, 0) is 55.4 Å². The second-order valence-electron chi connectivity index (χ2n) is 10.5. The Hall–Kier alpha value is -3.80. The molecule has 0 unspecified atom stereocenters. The van der Waals surface area contributed by atoms with Gasteiger partial charge >= 0.3 is 5.97 Å². The molecule has 0 amide bonds. The first kappa shape index (κ1) is 26.8. The van der Waals surface area contributed by atoms with E-state index in [1.165, 1.54) is 0 Å². The van der Waals surface area contributed by atoms with Crippen LogP contribution in [0.4, 0.5) is 8.78 Å². The smallest absolute Gasteiger partial charge is 0.306 e. The first-order chi connectivity index (χ1) is 18.8. The summed E-state index contributed by atoms with van der Waals surface area (Å²) in [6.07, 6.45) is 2.05. The van der Waals surface area contributed by atoms with Gasteiger partial charge in [0.15, 0.2) is 5.76 Å². The van der Waals surface area contributed by atoms with Gasteiger partial charge in [0.2, 0.25) is 0 Å². The fourth-order valence-corrected chi connectivity index (χ4v) is 5.18. The average molecular weight is 530 g/mol. The van der Waals surface area contributed by atoms with Gasteiger partial charge in [-0.3, -0.25) is 4.79 Å². The monoisotopic (exact) mass is 529 g/mol. The van der Waals surface area contributed by atoms with Crippen molar-refractivity contribution in [2.45, 2.75) is 63.7 Å². The lowest BCUT2D eigenvalue weighted by Crippen LogP contribution is -2.21. The molecule has 1 saturated carbocycles. The summed E-state index contributed by atoms with van der Waals surface area (Å²) < 4.78 is 40.6. The predicted molar refractivity (Wildman–Crippen MR) is 148 cm³/mol. The number of carbonyl (C=O) groups is 1. The lowest BCUT2D eigenvalue weighted by Gasteiger charge is -2.17. The Balaban J connectivity index is 1.28. The molecule has 0 spiro atoms. The summed E-state index contributed by atoms with van der Waals surface area (Å²) in [5, 5.41) is 4.01. The predicted octanol–water partition coefficient (Wildman–Crippen LogP) is 8.11. The van der Waals surface area contributed by atoms with Gasteiger partial charge in [-0.1, -0.05) is 84.0 Å². The third-order valence-corrected chi connectivity index (χ3v) is 7.66. The Morgan fingerprint density at radius 3 is 2.18 bits per heavy atom. The van der Waals surface area contributed by atoms with Crippen LogP contribution in [0.2, 0.25) is 0 Å². The molecule has 1 aromatic heterocycles. The minimum Gasteiger partial charge on any atom is -0.466 e. The number of alkyl halides is 2. The zero-order valence-corrected chi connectivity index (χ0v) is 22.4. The zero-order chi connectivity index (χ0) is 27.5. The normalized spacial score (nSPS) is 14.3. The minimum atomic E-state index is -2.88. The van der Waals surface area contributed by atoms with Crippen LogP contribution >= 0.6 is 0 Å². The number of ether oxygens (including phenoxy) is 1. The molecule has 0 radical (unpaired) electrons. The van der Waals surface area contributed by atoms with Crippen LogP contribution in [0.5, 0.6) is 0 Å². The zero-order valence-electron chi connectivity index (χ0n) is 22.4. The van der Waals surface area contributed by atoms with E-state index in [0.717, 1.165) is 40.7 Å². The second kappa shape index (κ2) is 11.1. The number of aryl methyl sites for hydroxylation is 2. The molecule has 1 aliphatic carbocycles.